The van der Waals surface area contributed by atoms with Crippen LogP contribution in [0.5, 0.6) is 11.5 Å². The predicted octanol–water partition coefficient (Wildman–Crippen LogP) is 3.78. The molecular weight excluding hydrogens is 314 g/mol. The van der Waals surface area contributed by atoms with E-state index in [1.54, 1.807) is 0 Å². The van der Waals surface area contributed by atoms with Crippen molar-refractivity contribution in [2.75, 3.05) is 46.1 Å². The second-order valence-corrected chi connectivity index (χ2v) is 5.66. The summed E-state index contributed by atoms with van der Waals surface area (Å²) >= 11 is 0. The lowest BCUT2D eigenvalue weighted by atomic mass is 10.1. The lowest BCUT2D eigenvalue weighted by Crippen LogP contribution is -2.32. The van der Waals surface area contributed by atoms with Gasteiger partial charge in [0.2, 0.25) is 0 Å². The van der Waals surface area contributed by atoms with Crippen molar-refractivity contribution in [3.05, 3.63) is 24.3 Å². The maximum absolute atomic E-state index is 5.76. The van der Waals surface area contributed by atoms with Gasteiger partial charge in [-0.1, -0.05) is 25.5 Å². The van der Waals surface area contributed by atoms with Crippen LogP contribution in [-0.4, -0.2) is 51.0 Å². The van der Waals surface area contributed by atoms with Gasteiger partial charge in [0.15, 0.2) is 11.5 Å². The number of hydrogen-bond acceptors (Lipinski definition) is 4. The Morgan fingerprint density at radius 2 is 1.52 bits per heavy atom. The maximum atomic E-state index is 5.76. The van der Waals surface area contributed by atoms with Gasteiger partial charge in [-0.25, -0.2) is 0 Å². The molecule has 1 aliphatic rings. The van der Waals surface area contributed by atoms with E-state index < -0.39 is 0 Å². The van der Waals surface area contributed by atoms with Gasteiger partial charge in [-0.05, 0) is 44.5 Å². The summed E-state index contributed by atoms with van der Waals surface area (Å²) in [5, 5.41) is 0. The predicted molar refractivity (Wildman–Crippen MR) is 96.1 cm³/mol. The first-order valence-electron chi connectivity index (χ1n) is 8.55. The molecule has 1 saturated heterocycles. The first kappa shape index (κ1) is 20.1. The molecule has 1 fully saturated rings. The molecule has 1 aromatic carbocycles. The van der Waals surface area contributed by atoms with E-state index in [9.17, 15) is 0 Å². The lowest BCUT2D eigenvalue weighted by molar-refractivity contribution is 0.0742. The van der Waals surface area contributed by atoms with E-state index >= 15 is 0 Å². The summed E-state index contributed by atoms with van der Waals surface area (Å²) in [6.07, 6.45) is 5.04. The summed E-state index contributed by atoms with van der Waals surface area (Å²) in [5.74, 6) is 1.62. The molecule has 23 heavy (non-hydrogen) atoms. The van der Waals surface area contributed by atoms with Gasteiger partial charge in [-0.3, -0.25) is 0 Å². The molecule has 0 amide bonds. The van der Waals surface area contributed by atoms with Crippen LogP contribution in [0, 0.1) is 0 Å². The van der Waals surface area contributed by atoms with Gasteiger partial charge in [0.25, 0.3) is 0 Å². The Labute approximate surface area is 146 Å². The summed E-state index contributed by atoms with van der Waals surface area (Å²) in [6, 6.07) is 7.82. The molecule has 0 bridgehead atoms. The van der Waals surface area contributed by atoms with E-state index in [1.165, 1.54) is 32.4 Å². The first-order chi connectivity index (χ1) is 10.9. The fraction of sp³-hybridized carbons (Fsp3) is 0.667. The summed E-state index contributed by atoms with van der Waals surface area (Å²) in [7, 11) is 0. The highest BCUT2D eigenvalue weighted by atomic mass is 35.5. The Hall–Kier alpha value is -0.970. The molecule has 0 aromatic heterocycles. The zero-order chi connectivity index (χ0) is 15.5. The van der Waals surface area contributed by atoms with E-state index in [2.05, 4.69) is 11.8 Å². The normalized spacial score (nSPS) is 15.0. The van der Waals surface area contributed by atoms with Crippen LogP contribution in [0.1, 0.15) is 32.6 Å². The van der Waals surface area contributed by atoms with Crippen molar-refractivity contribution in [1.29, 1.82) is 0 Å². The molecule has 1 aromatic rings. The molecule has 1 aliphatic heterocycles. The van der Waals surface area contributed by atoms with Crippen molar-refractivity contribution in [3.8, 4) is 11.5 Å². The molecule has 132 valence electrons. The summed E-state index contributed by atoms with van der Waals surface area (Å²) in [5.41, 5.74) is 0. The lowest BCUT2D eigenvalue weighted by Gasteiger charge is -2.26. The molecule has 2 rings (SSSR count). The maximum Gasteiger partial charge on any atom is 0.161 e. The summed E-state index contributed by atoms with van der Waals surface area (Å²) in [4.78, 5) is 2.48. The number of nitrogens with zero attached hydrogens (tertiary/aromatic N) is 1. The molecule has 0 spiro atoms. The highest BCUT2D eigenvalue weighted by Gasteiger charge is 2.09. The van der Waals surface area contributed by atoms with Crippen molar-refractivity contribution in [3.63, 3.8) is 0 Å². The van der Waals surface area contributed by atoms with Gasteiger partial charge in [-0.2, -0.15) is 0 Å². The Bertz CT molecular complexity index is 411. The minimum atomic E-state index is 0. The van der Waals surface area contributed by atoms with Crippen LogP contribution >= 0.6 is 12.4 Å². The van der Waals surface area contributed by atoms with Gasteiger partial charge in [0.05, 0.1) is 19.8 Å². The highest BCUT2D eigenvalue weighted by molar-refractivity contribution is 5.85. The van der Waals surface area contributed by atoms with Crippen LogP contribution in [-0.2, 0) is 4.74 Å². The minimum absolute atomic E-state index is 0. The molecule has 0 radical (unpaired) electrons. The van der Waals surface area contributed by atoms with E-state index in [4.69, 9.17) is 14.2 Å². The van der Waals surface area contributed by atoms with E-state index in [-0.39, 0.29) is 12.4 Å². The number of benzene rings is 1. The SMILES string of the molecule is CCCOc1ccccc1OCCOCCN1CCCCC1.Cl. The Balaban J connectivity index is 0.00000264. The number of piperidine rings is 1. The van der Waals surface area contributed by atoms with Crippen molar-refractivity contribution >= 4 is 12.4 Å². The van der Waals surface area contributed by atoms with Crippen molar-refractivity contribution in [2.45, 2.75) is 32.6 Å². The third-order valence-electron chi connectivity index (χ3n) is 3.80. The van der Waals surface area contributed by atoms with Crippen LogP contribution in [0.25, 0.3) is 0 Å². The zero-order valence-electron chi connectivity index (χ0n) is 14.2. The van der Waals surface area contributed by atoms with Gasteiger partial charge in [0.1, 0.15) is 6.61 Å². The second kappa shape index (κ2) is 12.5. The van der Waals surface area contributed by atoms with Gasteiger partial charge in [0, 0.05) is 6.54 Å². The molecule has 0 N–H and O–H groups in total. The van der Waals surface area contributed by atoms with Crippen molar-refractivity contribution in [1.82, 2.24) is 4.90 Å². The van der Waals surface area contributed by atoms with Crippen molar-refractivity contribution in [2.24, 2.45) is 0 Å². The van der Waals surface area contributed by atoms with E-state index in [0.717, 1.165) is 31.1 Å². The molecular formula is C18H30ClNO3. The summed E-state index contributed by atoms with van der Waals surface area (Å²) in [6.45, 7) is 8.27. The van der Waals surface area contributed by atoms with E-state index in [0.29, 0.717) is 19.8 Å². The summed E-state index contributed by atoms with van der Waals surface area (Å²) < 4.78 is 17.1. The monoisotopic (exact) mass is 343 g/mol. The number of ether oxygens (including phenoxy) is 3. The average molecular weight is 344 g/mol. The second-order valence-electron chi connectivity index (χ2n) is 5.66. The van der Waals surface area contributed by atoms with Crippen LogP contribution in [0.3, 0.4) is 0 Å². The molecule has 4 nitrogen and oxygen atoms in total. The van der Waals surface area contributed by atoms with Crippen LogP contribution in [0.2, 0.25) is 0 Å². The Morgan fingerprint density at radius 1 is 0.870 bits per heavy atom. The van der Waals surface area contributed by atoms with Crippen LogP contribution < -0.4 is 9.47 Å². The quantitative estimate of drug-likeness (QED) is 0.605. The number of hydrogen-bond donors (Lipinski definition) is 0. The highest BCUT2D eigenvalue weighted by Crippen LogP contribution is 2.26. The third-order valence-corrected chi connectivity index (χ3v) is 3.80. The minimum Gasteiger partial charge on any atom is -0.490 e. The van der Waals surface area contributed by atoms with Crippen LogP contribution in [0.4, 0.5) is 0 Å². The van der Waals surface area contributed by atoms with Gasteiger partial charge in [-0.15, -0.1) is 12.4 Å². The first-order valence-corrected chi connectivity index (χ1v) is 8.55. The fourth-order valence-corrected chi connectivity index (χ4v) is 2.59. The zero-order valence-corrected chi connectivity index (χ0v) is 15.0. The largest absolute Gasteiger partial charge is 0.490 e. The third kappa shape index (κ3) is 7.91. The standard InChI is InChI=1S/C18H29NO3.ClH/c1-2-13-21-17-8-4-5-9-18(17)22-16-15-20-14-12-19-10-6-3-7-11-19;/h4-5,8-9H,2-3,6-7,10-16H2,1H3;1H. The average Bonchev–Trinajstić information content (AvgIpc) is 2.58. The molecule has 0 unspecified atom stereocenters. The molecule has 0 atom stereocenters. The van der Waals surface area contributed by atoms with Gasteiger partial charge >= 0.3 is 0 Å². The van der Waals surface area contributed by atoms with Crippen molar-refractivity contribution < 1.29 is 14.2 Å². The Morgan fingerprint density at radius 3 is 2.17 bits per heavy atom. The smallest absolute Gasteiger partial charge is 0.161 e. The number of rotatable bonds is 10. The topological polar surface area (TPSA) is 30.9 Å². The number of likely N-dealkylation sites (tertiary alicyclic amines) is 1. The van der Waals surface area contributed by atoms with Gasteiger partial charge < -0.3 is 19.1 Å². The number of halogens is 1. The number of para-hydroxylation sites is 2. The Kier molecular flexibility index (Phi) is 10.9. The molecule has 1 heterocycles. The van der Waals surface area contributed by atoms with Crippen LogP contribution in [0.15, 0.2) is 24.3 Å². The molecule has 5 heteroatoms. The molecule has 0 aliphatic carbocycles. The molecule has 0 saturated carbocycles. The van der Waals surface area contributed by atoms with E-state index in [1.807, 2.05) is 24.3 Å². The fourth-order valence-electron chi connectivity index (χ4n) is 2.59.